The van der Waals surface area contributed by atoms with Crippen LogP contribution in [0.2, 0.25) is 0 Å². The highest BCUT2D eigenvalue weighted by Crippen LogP contribution is 2.12. The van der Waals surface area contributed by atoms with Crippen molar-refractivity contribution in [1.29, 1.82) is 0 Å². The second-order valence-corrected chi connectivity index (χ2v) is 4.66. The molecular formula is C12H27NO. The normalized spacial score (nSPS) is 12.4. The Kier molecular flexibility index (Phi) is 7.20. The van der Waals surface area contributed by atoms with E-state index in [4.69, 9.17) is 4.74 Å². The minimum absolute atomic E-state index is 0.293. The second kappa shape index (κ2) is 7.24. The van der Waals surface area contributed by atoms with Gasteiger partial charge in [-0.3, -0.25) is 0 Å². The van der Waals surface area contributed by atoms with Crippen molar-refractivity contribution in [2.24, 2.45) is 5.92 Å². The summed E-state index contributed by atoms with van der Waals surface area (Å²) in [4.78, 5) is 0. The highest BCUT2D eigenvalue weighted by atomic mass is 16.5. The Morgan fingerprint density at radius 2 is 1.79 bits per heavy atom. The van der Waals surface area contributed by atoms with Crippen molar-refractivity contribution < 1.29 is 4.74 Å². The van der Waals surface area contributed by atoms with Crippen molar-refractivity contribution in [3.05, 3.63) is 0 Å². The Morgan fingerprint density at radius 1 is 1.21 bits per heavy atom. The van der Waals surface area contributed by atoms with E-state index in [1.807, 2.05) is 0 Å². The zero-order valence-corrected chi connectivity index (χ0v) is 10.5. The summed E-state index contributed by atoms with van der Waals surface area (Å²) in [5.74, 6) is 0.638. The van der Waals surface area contributed by atoms with Gasteiger partial charge in [0.1, 0.15) is 0 Å². The lowest BCUT2D eigenvalue weighted by Crippen LogP contribution is -2.42. The Labute approximate surface area is 89.4 Å². The standard InChI is InChI=1S/C12H27NO/c1-6-12(5,7-2)13-8-9-14-10-11(3)4/h11,13H,6-10H2,1-5H3. The van der Waals surface area contributed by atoms with Gasteiger partial charge in [0.25, 0.3) is 0 Å². The van der Waals surface area contributed by atoms with Gasteiger partial charge in [0.15, 0.2) is 0 Å². The Balaban J connectivity index is 3.43. The number of ether oxygens (including phenoxy) is 1. The van der Waals surface area contributed by atoms with E-state index in [2.05, 4.69) is 39.9 Å². The third kappa shape index (κ3) is 6.39. The first-order valence-corrected chi connectivity index (χ1v) is 5.87. The van der Waals surface area contributed by atoms with E-state index in [0.717, 1.165) is 19.8 Å². The molecule has 0 spiro atoms. The molecule has 0 aliphatic heterocycles. The molecule has 2 nitrogen and oxygen atoms in total. The van der Waals surface area contributed by atoms with Crippen LogP contribution in [0.3, 0.4) is 0 Å². The van der Waals surface area contributed by atoms with Crippen molar-refractivity contribution in [1.82, 2.24) is 5.32 Å². The zero-order chi connectivity index (χ0) is 11.0. The molecule has 0 aliphatic rings. The van der Waals surface area contributed by atoms with E-state index in [9.17, 15) is 0 Å². The summed E-state index contributed by atoms with van der Waals surface area (Å²) < 4.78 is 5.52. The Bertz CT molecular complexity index is 130. The molecule has 0 saturated heterocycles. The summed E-state index contributed by atoms with van der Waals surface area (Å²) in [5.41, 5.74) is 0.293. The highest BCUT2D eigenvalue weighted by molar-refractivity contribution is 4.79. The van der Waals surface area contributed by atoms with Gasteiger partial charge in [-0.1, -0.05) is 27.7 Å². The molecule has 2 heteroatoms. The smallest absolute Gasteiger partial charge is 0.0591 e. The van der Waals surface area contributed by atoms with Gasteiger partial charge in [-0.05, 0) is 25.7 Å². The number of nitrogens with one attached hydrogen (secondary N) is 1. The molecule has 0 saturated carbocycles. The van der Waals surface area contributed by atoms with Gasteiger partial charge < -0.3 is 10.1 Å². The molecule has 0 amide bonds. The SMILES string of the molecule is CCC(C)(CC)NCCOCC(C)C. The van der Waals surface area contributed by atoms with E-state index in [0.29, 0.717) is 11.5 Å². The van der Waals surface area contributed by atoms with E-state index >= 15 is 0 Å². The molecule has 0 aromatic carbocycles. The van der Waals surface area contributed by atoms with Crippen LogP contribution in [-0.4, -0.2) is 25.3 Å². The summed E-state index contributed by atoms with van der Waals surface area (Å²) in [6, 6.07) is 0. The molecule has 14 heavy (non-hydrogen) atoms. The maximum atomic E-state index is 5.52. The Hall–Kier alpha value is -0.0800. The Morgan fingerprint density at radius 3 is 2.21 bits per heavy atom. The lowest BCUT2D eigenvalue weighted by atomic mass is 9.96. The van der Waals surface area contributed by atoms with Crippen LogP contribution in [0.1, 0.15) is 47.5 Å². The summed E-state index contributed by atoms with van der Waals surface area (Å²) in [7, 11) is 0. The third-order valence-electron chi connectivity index (χ3n) is 2.81. The van der Waals surface area contributed by atoms with Crippen molar-refractivity contribution in [3.8, 4) is 0 Å². The molecule has 0 rings (SSSR count). The molecule has 0 aliphatic carbocycles. The maximum Gasteiger partial charge on any atom is 0.0591 e. The molecule has 0 heterocycles. The molecule has 86 valence electrons. The van der Waals surface area contributed by atoms with Gasteiger partial charge in [-0.15, -0.1) is 0 Å². The molecule has 0 atom stereocenters. The lowest BCUT2D eigenvalue weighted by Gasteiger charge is -2.28. The quantitative estimate of drug-likeness (QED) is 0.610. The molecule has 0 bridgehead atoms. The van der Waals surface area contributed by atoms with Crippen LogP contribution in [0.4, 0.5) is 0 Å². The van der Waals surface area contributed by atoms with Crippen LogP contribution in [0.25, 0.3) is 0 Å². The monoisotopic (exact) mass is 201 g/mol. The van der Waals surface area contributed by atoms with E-state index < -0.39 is 0 Å². The summed E-state index contributed by atoms with van der Waals surface area (Å²) >= 11 is 0. The van der Waals surface area contributed by atoms with Crippen LogP contribution in [0.15, 0.2) is 0 Å². The fraction of sp³-hybridized carbons (Fsp3) is 1.00. The topological polar surface area (TPSA) is 21.3 Å². The number of hydrogen-bond donors (Lipinski definition) is 1. The molecule has 0 fully saturated rings. The van der Waals surface area contributed by atoms with Crippen LogP contribution in [-0.2, 0) is 4.74 Å². The minimum atomic E-state index is 0.293. The predicted octanol–water partition coefficient (Wildman–Crippen LogP) is 2.83. The average Bonchev–Trinajstić information content (AvgIpc) is 2.16. The summed E-state index contributed by atoms with van der Waals surface area (Å²) in [6.45, 7) is 13.7. The van der Waals surface area contributed by atoms with E-state index in [-0.39, 0.29) is 0 Å². The fourth-order valence-electron chi connectivity index (χ4n) is 1.24. The van der Waals surface area contributed by atoms with E-state index in [1.165, 1.54) is 12.8 Å². The van der Waals surface area contributed by atoms with Crippen LogP contribution in [0, 0.1) is 5.92 Å². The number of rotatable bonds is 8. The molecule has 1 N–H and O–H groups in total. The van der Waals surface area contributed by atoms with Gasteiger partial charge in [-0.2, -0.15) is 0 Å². The first-order chi connectivity index (χ1) is 6.54. The van der Waals surface area contributed by atoms with Crippen molar-refractivity contribution in [2.45, 2.75) is 53.0 Å². The average molecular weight is 201 g/mol. The molecule has 0 aromatic heterocycles. The van der Waals surface area contributed by atoms with Crippen LogP contribution >= 0.6 is 0 Å². The fourth-order valence-corrected chi connectivity index (χ4v) is 1.24. The first kappa shape index (κ1) is 13.9. The van der Waals surface area contributed by atoms with Crippen molar-refractivity contribution in [2.75, 3.05) is 19.8 Å². The number of hydrogen-bond acceptors (Lipinski definition) is 2. The van der Waals surface area contributed by atoms with Crippen LogP contribution < -0.4 is 5.32 Å². The predicted molar refractivity (Wildman–Crippen MR) is 62.6 cm³/mol. The molecule has 0 unspecified atom stereocenters. The van der Waals surface area contributed by atoms with Gasteiger partial charge in [0, 0.05) is 18.7 Å². The summed E-state index contributed by atoms with van der Waals surface area (Å²) in [6.07, 6.45) is 2.35. The first-order valence-electron chi connectivity index (χ1n) is 5.87. The third-order valence-corrected chi connectivity index (χ3v) is 2.81. The largest absolute Gasteiger partial charge is 0.380 e. The van der Waals surface area contributed by atoms with Crippen molar-refractivity contribution >= 4 is 0 Å². The highest BCUT2D eigenvalue weighted by Gasteiger charge is 2.17. The second-order valence-electron chi connectivity index (χ2n) is 4.66. The lowest BCUT2D eigenvalue weighted by molar-refractivity contribution is 0.105. The molecular weight excluding hydrogens is 174 g/mol. The van der Waals surface area contributed by atoms with Gasteiger partial charge in [0.05, 0.1) is 6.61 Å². The molecule has 0 radical (unpaired) electrons. The summed E-state index contributed by atoms with van der Waals surface area (Å²) in [5, 5.41) is 3.54. The molecule has 0 aromatic rings. The van der Waals surface area contributed by atoms with Gasteiger partial charge >= 0.3 is 0 Å². The van der Waals surface area contributed by atoms with Crippen molar-refractivity contribution in [3.63, 3.8) is 0 Å². The van der Waals surface area contributed by atoms with Gasteiger partial charge in [-0.25, -0.2) is 0 Å². The van der Waals surface area contributed by atoms with Crippen LogP contribution in [0.5, 0.6) is 0 Å². The minimum Gasteiger partial charge on any atom is -0.380 e. The zero-order valence-electron chi connectivity index (χ0n) is 10.5. The maximum absolute atomic E-state index is 5.52. The van der Waals surface area contributed by atoms with Gasteiger partial charge in [0.2, 0.25) is 0 Å². The van der Waals surface area contributed by atoms with E-state index in [1.54, 1.807) is 0 Å².